The number of thiazole rings is 1. The molecule has 1 aromatic heterocycles. The highest BCUT2D eigenvalue weighted by atomic mass is 32.1. The molecule has 0 unspecified atom stereocenters. The second-order valence-electron chi connectivity index (χ2n) is 6.53. The zero-order valence-corrected chi connectivity index (χ0v) is 14.6. The van der Waals surface area contributed by atoms with E-state index < -0.39 is 17.5 Å². The van der Waals surface area contributed by atoms with Crippen LogP contribution < -0.4 is 10.1 Å². The van der Waals surface area contributed by atoms with Crippen molar-refractivity contribution in [2.45, 2.75) is 31.2 Å². The zero-order valence-electron chi connectivity index (χ0n) is 13.8. The highest BCUT2D eigenvalue weighted by Gasteiger charge is 2.52. The number of imide groups is 1. The third-order valence-electron chi connectivity index (χ3n) is 4.93. The van der Waals surface area contributed by atoms with E-state index in [1.54, 1.807) is 0 Å². The summed E-state index contributed by atoms with van der Waals surface area (Å²) in [5.41, 5.74) is 0.193. The van der Waals surface area contributed by atoms with Gasteiger partial charge in [-0.25, -0.2) is 4.79 Å². The molecule has 130 valence electrons. The Bertz CT molecular complexity index is 952. The van der Waals surface area contributed by atoms with Crippen molar-refractivity contribution in [3.05, 3.63) is 29.1 Å². The fraction of sp³-hybridized carbons (Fsp3) is 0.412. The van der Waals surface area contributed by atoms with Crippen LogP contribution in [0, 0.1) is 0 Å². The number of fused-ring (bicyclic) bond motifs is 1. The number of urea groups is 1. The van der Waals surface area contributed by atoms with E-state index in [4.69, 9.17) is 0 Å². The third kappa shape index (κ3) is 2.57. The summed E-state index contributed by atoms with van der Waals surface area (Å²) in [6.45, 7) is -0.319. The van der Waals surface area contributed by atoms with Crippen LogP contribution >= 0.6 is 11.3 Å². The van der Waals surface area contributed by atoms with Crippen molar-refractivity contribution >= 4 is 39.4 Å². The SMILES string of the molecule is Cn1c(=NC(=O)CN2C(=O)NC3(CCCC3)C2=O)sc2ccccc21. The number of aryl methyl sites for hydroxylation is 1. The molecule has 1 aliphatic carbocycles. The molecule has 1 aliphatic heterocycles. The summed E-state index contributed by atoms with van der Waals surface area (Å²) in [6, 6.07) is 7.28. The van der Waals surface area contributed by atoms with Gasteiger partial charge in [0.05, 0.1) is 10.2 Å². The molecule has 2 heterocycles. The van der Waals surface area contributed by atoms with Gasteiger partial charge in [0.2, 0.25) is 0 Å². The molecule has 4 rings (SSSR count). The minimum Gasteiger partial charge on any atom is -0.323 e. The lowest BCUT2D eigenvalue weighted by Crippen LogP contribution is -2.44. The van der Waals surface area contributed by atoms with Crippen LogP contribution in [-0.2, 0) is 16.6 Å². The number of aromatic nitrogens is 1. The van der Waals surface area contributed by atoms with Crippen LogP contribution in [0.25, 0.3) is 10.2 Å². The van der Waals surface area contributed by atoms with Crippen LogP contribution in [0.5, 0.6) is 0 Å². The largest absolute Gasteiger partial charge is 0.325 e. The Morgan fingerprint density at radius 2 is 2.00 bits per heavy atom. The van der Waals surface area contributed by atoms with Crippen molar-refractivity contribution < 1.29 is 14.4 Å². The van der Waals surface area contributed by atoms with Gasteiger partial charge >= 0.3 is 6.03 Å². The molecule has 1 N–H and O–H groups in total. The van der Waals surface area contributed by atoms with Crippen molar-refractivity contribution in [1.82, 2.24) is 14.8 Å². The first kappa shape index (κ1) is 16.0. The molecule has 8 heteroatoms. The minimum atomic E-state index is -0.792. The van der Waals surface area contributed by atoms with Gasteiger partial charge in [0.25, 0.3) is 11.8 Å². The summed E-state index contributed by atoms with van der Waals surface area (Å²) in [6.07, 6.45) is 3.11. The van der Waals surface area contributed by atoms with Gasteiger partial charge in [-0.3, -0.25) is 14.5 Å². The molecular weight excluding hydrogens is 340 g/mol. The Balaban J connectivity index is 1.58. The molecular formula is C17H18N4O3S. The normalized spacial score (nSPS) is 20.0. The van der Waals surface area contributed by atoms with Crippen LogP contribution in [0.2, 0.25) is 0 Å². The number of para-hydroxylation sites is 1. The van der Waals surface area contributed by atoms with E-state index in [2.05, 4.69) is 10.3 Å². The monoisotopic (exact) mass is 358 g/mol. The molecule has 7 nitrogen and oxygen atoms in total. The summed E-state index contributed by atoms with van der Waals surface area (Å²) in [4.78, 5) is 42.7. The maximum absolute atomic E-state index is 12.6. The number of nitrogens with zero attached hydrogens (tertiary/aromatic N) is 3. The van der Waals surface area contributed by atoms with Gasteiger partial charge in [-0.2, -0.15) is 4.99 Å². The summed E-state index contributed by atoms with van der Waals surface area (Å²) in [5, 5.41) is 2.77. The molecule has 4 amide bonds. The van der Waals surface area contributed by atoms with Crippen molar-refractivity contribution in [3.63, 3.8) is 0 Å². The molecule has 2 aliphatic rings. The number of hydrogen-bond acceptors (Lipinski definition) is 4. The third-order valence-corrected chi connectivity index (χ3v) is 6.04. The van der Waals surface area contributed by atoms with Gasteiger partial charge in [-0.05, 0) is 25.0 Å². The smallest absolute Gasteiger partial charge is 0.323 e. The summed E-state index contributed by atoms with van der Waals surface area (Å²) >= 11 is 1.40. The van der Waals surface area contributed by atoms with E-state index in [-0.39, 0.29) is 12.5 Å². The Morgan fingerprint density at radius 1 is 1.28 bits per heavy atom. The molecule has 0 radical (unpaired) electrons. The first-order valence-electron chi connectivity index (χ1n) is 8.26. The fourth-order valence-corrected chi connectivity index (χ4v) is 4.64. The number of benzene rings is 1. The number of rotatable bonds is 2. The quantitative estimate of drug-likeness (QED) is 0.827. The lowest BCUT2D eigenvalue weighted by atomic mass is 9.98. The first-order valence-corrected chi connectivity index (χ1v) is 9.08. The van der Waals surface area contributed by atoms with Crippen molar-refractivity contribution in [3.8, 4) is 0 Å². The van der Waals surface area contributed by atoms with Gasteiger partial charge in [0.1, 0.15) is 12.1 Å². The highest BCUT2D eigenvalue weighted by Crippen LogP contribution is 2.34. The van der Waals surface area contributed by atoms with Gasteiger partial charge < -0.3 is 9.88 Å². The predicted octanol–water partition coefficient (Wildman–Crippen LogP) is 1.53. The maximum atomic E-state index is 12.6. The molecule has 0 atom stereocenters. The second kappa shape index (κ2) is 5.80. The summed E-state index contributed by atoms with van der Waals surface area (Å²) < 4.78 is 2.86. The topological polar surface area (TPSA) is 83.8 Å². The second-order valence-corrected chi connectivity index (χ2v) is 7.54. The predicted molar refractivity (Wildman–Crippen MR) is 92.8 cm³/mol. The Labute approximate surface area is 148 Å². The van der Waals surface area contributed by atoms with Crippen LogP contribution in [0.3, 0.4) is 0 Å². The molecule has 2 fully saturated rings. The Morgan fingerprint density at radius 3 is 2.72 bits per heavy atom. The van der Waals surface area contributed by atoms with Crippen molar-refractivity contribution in [1.29, 1.82) is 0 Å². The van der Waals surface area contributed by atoms with E-state index in [1.165, 1.54) is 11.3 Å². The standard InChI is InChI=1S/C17H18N4O3S/c1-20-11-6-2-3-7-12(11)25-16(20)18-13(22)10-21-14(23)17(19-15(21)24)8-4-5-9-17/h2-3,6-7H,4-5,8-10H2,1H3,(H,19,24). The summed E-state index contributed by atoms with van der Waals surface area (Å²) in [7, 11) is 1.84. The molecule has 1 saturated carbocycles. The average Bonchev–Trinajstić information content (AvgIpc) is 3.24. The number of carbonyl (C=O) groups is 3. The van der Waals surface area contributed by atoms with Crippen LogP contribution in [0.4, 0.5) is 4.79 Å². The Hall–Kier alpha value is -2.48. The fourth-order valence-electron chi connectivity index (χ4n) is 3.60. The highest BCUT2D eigenvalue weighted by molar-refractivity contribution is 7.16. The molecule has 0 bridgehead atoms. The number of nitrogens with one attached hydrogen (secondary N) is 1. The number of hydrogen-bond donors (Lipinski definition) is 1. The van der Waals surface area contributed by atoms with Crippen LogP contribution in [0.15, 0.2) is 29.3 Å². The average molecular weight is 358 g/mol. The lowest BCUT2D eigenvalue weighted by molar-refractivity contribution is -0.134. The van der Waals surface area contributed by atoms with E-state index in [0.29, 0.717) is 17.6 Å². The van der Waals surface area contributed by atoms with Crippen molar-refractivity contribution in [2.75, 3.05) is 6.54 Å². The zero-order chi connectivity index (χ0) is 17.6. The van der Waals surface area contributed by atoms with Gasteiger partial charge in [0.15, 0.2) is 4.80 Å². The van der Waals surface area contributed by atoms with E-state index in [9.17, 15) is 14.4 Å². The summed E-state index contributed by atoms with van der Waals surface area (Å²) in [5.74, 6) is -0.792. The van der Waals surface area contributed by atoms with Gasteiger partial charge in [-0.1, -0.05) is 36.3 Å². The molecule has 2 aromatic rings. The molecule has 1 aromatic carbocycles. The first-order chi connectivity index (χ1) is 12.0. The van der Waals surface area contributed by atoms with E-state index in [1.807, 2.05) is 35.9 Å². The minimum absolute atomic E-state index is 0.292. The van der Waals surface area contributed by atoms with Gasteiger partial charge in [0, 0.05) is 7.05 Å². The Kier molecular flexibility index (Phi) is 3.72. The molecule has 1 spiro atoms. The number of amides is 4. The maximum Gasteiger partial charge on any atom is 0.325 e. The number of carbonyl (C=O) groups excluding carboxylic acids is 3. The van der Waals surface area contributed by atoms with Crippen molar-refractivity contribution in [2.24, 2.45) is 12.0 Å². The lowest BCUT2D eigenvalue weighted by Gasteiger charge is -2.19. The molecule has 1 saturated heterocycles. The van der Waals surface area contributed by atoms with E-state index in [0.717, 1.165) is 28.0 Å². The molecule has 25 heavy (non-hydrogen) atoms. The van der Waals surface area contributed by atoms with Crippen LogP contribution in [0.1, 0.15) is 25.7 Å². The van der Waals surface area contributed by atoms with E-state index >= 15 is 0 Å². The van der Waals surface area contributed by atoms with Crippen LogP contribution in [-0.4, -0.2) is 39.4 Å². The van der Waals surface area contributed by atoms with Gasteiger partial charge in [-0.15, -0.1) is 0 Å².